The second-order valence-electron chi connectivity index (χ2n) is 7.26. The topological polar surface area (TPSA) is 47.6 Å². The van der Waals surface area contributed by atoms with Crippen LogP contribution >= 0.6 is 0 Å². The summed E-state index contributed by atoms with van der Waals surface area (Å²) >= 11 is 0. The van der Waals surface area contributed by atoms with Crippen molar-refractivity contribution in [2.24, 2.45) is 0 Å². The molecule has 1 amide bonds. The molecule has 26 heavy (non-hydrogen) atoms. The van der Waals surface area contributed by atoms with E-state index in [0.29, 0.717) is 18.9 Å². The average molecular weight is 355 g/mol. The van der Waals surface area contributed by atoms with Crippen LogP contribution in [0.2, 0.25) is 0 Å². The second-order valence-corrected chi connectivity index (χ2v) is 7.26. The normalized spacial score (nSPS) is 11.1. The van der Waals surface area contributed by atoms with Crippen LogP contribution in [-0.4, -0.2) is 25.7 Å². The predicted octanol–water partition coefficient (Wildman–Crippen LogP) is 4.12. The zero-order valence-corrected chi connectivity index (χ0v) is 16.2. The Balaban J connectivity index is 1.65. The van der Waals surface area contributed by atoms with Crippen molar-refractivity contribution in [3.05, 3.63) is 59.7 Å². The van der Waals surface area contributed by atoms with Crippen LogP contribution in [0.1, 0.15) is 38.8 Å². The zero-order valence-electron chi connectivity index (χ0n) is 16.2. The molecular weight excluding hydrogens is 326 g/mol. The summed E-state index contributed by atoms with van der Waals surface area (Å²) in [6, 6.07) is 15.9. The molecule has 0 aliphatic rings. The highest BCUT2D eigenvalue weighted by Crippen LogP contribution is 2.24. The van der Waals surface area contributed by atoms with Crippen LogP contribution in [0, 0.1) is 0 Å². The summed E-state index contributed by atoms with van der Waals surface area (Å²) < 4.78 is 11.1. The fourth-order valence-electron chi connectivity index (χ4n) is 2.43. The minimum absolute atomic E-state index is 0.0000610. The Morgan fingerprint density at radius 1 is 0.923 bits per heavy atom. The molecule has 0 aromatic heterocycles. The number of hydrogen-bond acceptors (Lipinski definition) is 3. The molecule has 140 valence electrons. The van der Waals surface area contributed by atoms with Crippen LogP contribution in [0.15, 0.2) is 48.5 Å². The molecule has 0 fully saturated rings. The third-order valence-corrected chi connectivity index (χ3v) is 4.11. The highest BCUT2D eigenvalue weighted by atomic mass is 16.5. The maximum Gasteiger partial charge on any atom is 0.258 e. The number of amides is 1. The van der Waals surface area contributed by atoms with Crippen molar-refractivity contribution < 1.29 is 14.3 Å². The lowest BCUT2D eigenvalue weighted by atomic mass is 9.87. The summed E-state index contributed by atoms with van der Waals surface area (Å²) in [4.78, 5) is 11.8. The predicted molar refractivity (Wildman–Crippen MR) is 105 cm³/mol. The fraction of sp³-hybridized carbons (Fsp3) is 0.409. The smallest absolute Gasteiger partial charge is 0.258 e. The number of ether oxygens (including phenoxy) is 2. The monoisotopic (exact) mass is 355 g/mol. The van der Waals surface area contributed by atoms with Gasteiger partial charge in [0.25, 0.3) is 5.91 Å². The van der Waals surface area contributed by atoms with E-state index in [-0.39, 0.29) is 17.9 Å². The van der Waals surface area contributed by atoms with Crippen LogP contribution in [0.5, 0.6) is 11.5 Å². The van der Waals surface area contributed by atoms with Gasteiger partial charge in [-0.3, -0.25) is 4.79 Å². The Morgan fingerprint density at radius 2 is 1.50 bits per heavy atom. The molecule has 4 nitrogen and oxygen atoms in total. The van der Waals surface area contributed by atoms with Gasteiger partial charge in [-0.1, -0.05) is 52.0 Å². The summed E-state index contributed by atoms with van der Waals surface area (Å²) in [6.07, 6.45) is 1.01. The Hall–Kier alpha value is -2.49. The van der Waals surface area contributed by atoms with E-state index in [1.807, 2.05) is 48.5 Å². The van der Waals surface area contributed by atoms with Gasteiger partial charge in [0, 0.05) is 0 Å². The number of carbonyl (C=O) groups is 1. The van der Waals surface area contributed by atoms with E-state index in [0.717, 1.165) is 12.2 Å². The Morgan fingerprint density at radius 3 is 2.08 bits per heavy atom. The van der Waals surface area contributed by atoms with Crippen LogP contribution in [0.4, 0.5) is 0 Å². The van der Waals surface area contributed by atoms with E-state index < -0.39 is 0 Å². The van der Waals surface area contributed by atoms with Gasteiger partial charge in [0.15, 0.2) is 6.61 Å². The molecule has 0 saturated heterocycles. The molecule has 2 rings (SSSR count). The third-order valence-electron chi connectivity index (χ3n) is 4.11. The van der Waals surface area contributed by atoms with Crippen molar-refractivity contribution in [3.63, 3.8) is 0 Å². The number of carbonyl (C=O) groups excluding carboxylic acids is 1. The van der Waals surface area contributed by atoms with Crippen molar-refractivity contribution in [1.29, 1.82) is 0 Å². The molecule has 0 spiro atoms. The quantitative estimate of drug-likeness (QED) is 0.725. The first kappa shape index (κ1) is 19.8. The molecule has 0 unspecified atom stereocenters. The van der Waals surface area contributed by atoms with E-state index in [2.05, 4.69) is 33.0 Å². The molecule has 2 aromatic carbocycles. The molecular formula is C22H29NO3. The number of hydrogen-bond donors (Lipinski definition) is 1. The Bertz CT molecular complexity index is 685. The second kappa shape index (κ2) is 9.27. The largest absolute Gasteiger partial charge is 0.492 e. The first-order chi connectivity index (χ1) is 12.4. The van der Waals surface area contributed by atoms with Crippen molar-refractivity contribution >= 4 is 5.91 Å². The van der Waals surface area contributed by atoms with Crippen molar-refractivity contribution in [1.82, 2.24) is 5.32 Å². The Labute approximate surface area is 156 Å². The minimum Gasteiger partial charge on any atom is -0.492 e. The third kappa shape index (κ3) is 6.43. The highest BCUT2D eigenvalue weighted by Gasteiger charge is 2.13. The van der Waals surface area contributed by atoms with Crippen LogP contribution in [-0.2, 0) is 16.6 Å². The molecule has 0 aliphatic carbocycles. The molecule has 0 saturated carbocycles. The van der Waals surface area contributed by atoms with Crippen molar-refractivity contribution in [2.45, 2.75) is 39.5 Å². The summed E-state index contributed by atoms with van der Waals surface area (Å²) in [7, 11) is 0. The minimum atomic E-state index is -0.158. The van der Waals surface area contributed by atoms with E-state index in [4.69, 9.17) is 9.47 Å². The van der Waals surface area contributed by atoms with Crippen LogP contribution < -0.4 is 14.8 Å². The van der Waals surface area contributed by atoms with Crippen molar-refractivity contribution in [2.75, 3.05) is 19.8 Å². The van der Waals surface area contributed by atoms with Gasteiger partial charge in [-0.15, -0.1) is 0 Å². The van der Waals surface area contributed by atoms with E-state index in [9.17, 15) is 4.79 Å². The first-order valence-electron chi connectivity index (χ1n) is 9.10. The SMILES string of the molecule is CCc1ccc(OCCNC(=O)COc2ccc(C(C)(C)C)cc2)cc1. The van der Waals surface area contributed by atoms with Gasteiger partial charge < -0.3 is 14.8 Å². The van der Waals surface area contributed by atoms with Crippen molar-refractivity contribution in [3.8, 4) is 11.5 Å². The van der Waals surface area contributed by atoms with Gasteiger partial charge in [-0.25, -0.2) is 0 Å². The van der Waals surface area contributed by atoms with Crippen LogP contribution in [0.3, 0.4) is 0 Å². The summed E-state index contributed by atoms with van der Waals surface area (Å²) in [5.41, 5.74) is 2.61. The zero-order chi connectivity index (χ0) is 19.0. The molecule has 0 radical (unpaired) electrons. The van der Waals surface area contributed by atoms with Gasteiger partial charge in [0.05, 0.1) is 6.54 Å². The molecule has 0 bridgehead atoms. The summed E-state index contributed by atoms with van der Waals surface area (Å²) in [6.45, 7) is 9.48. The maximum absolute atomic E-state index is 11.8. The van der Waals surface area contributed by atoms with Crippen LogP contribution in [0.25, 0.3) is 0 Å². The van der Waals surface area contributed by atoms with Gasteiger partial charge in [-0.2, -0.15) is 0 Å². The average Bonchev–Trinajstić information content (AvgIpc) is 2.63. The molecule has 0 heterocycles. The standard InChI is InChI=1S/C22H29NO3/c1-5-17-6-10-19(11-7-17)25-15-14-23-21(24)16-26-20-12-8-18(9-13-20)22(2,3)4/h6-13H,5,14-16H2,1-4H3,(H,23,24). The lowest BCUT2D eigenvalue weighted by molar-refractivity contribution is -0.123. The lowest BCUT2D eigenvalue weighted by Gasteiger charge is -2.19. The molecule has 2 aromatic rings. The number of benzene rings is 2. The molecule has 1 N–H and O–H groups in total. The van der Waals surface area contributed by atoms with Gasteiger partial charge in [0.2, 0.25) is 0 Å². The molecule has 4 heteroatoms. The molecule has 0 atom stereocenters. The lowest BCUT2D eigenvalue weighted by Crippen LogP contribution is -2.32. The van der Waals surface area contributed by atoms with E-state index in [1.165, 1.54) is 11.1 Å². The van der Waals surface area contributed by atoms with Gasteiger partial charge in [-0.05, 0) is 47.2 Å². The Kier molecular flexibility index (Phi) is 7.07. The van der Waals surface area contributed by atoms with E-state index >= 15 is 0 Å². The first-order valence-corrected chi connectivity index (χ1v) is 9.10. The van der Waals surface area contributed by atoms with Gasteiger partial charge >= 0.3 is 0 Å². The summed E-state index contributed by atoms with van der Waals surface area (Å²) in [5.74, 6) is 1.35. The van der Waals surface area contributed by atoms with Gasteiger partial charge in [0.1, 0.15) is 18.1 Å². The fourth-order valence-corrected chi connectivity index (χ4v) is 2.43. The number of nitrogens with one attached hydrogen (secondary N) is 1. The maximum atomic E-state index is 11.8. The molecule has 0 aliphatic heterocycles. The number of aryl methyl sites for hydroxylation is 1. The summed E-state index contributed by atoms with van der Waals surface area (Å²) in [5, 5.41) is 2.79. The highest BCUT2D eigenvalue weighted by molar-refractivity contribution is 5.77. The number of rotatable bonds is 8. The van der Waals surface area contributed by atoms with E-state index in [1.54, 1.807) is 0 Å².